The van der Waals surface area contributed by atoms with E-state index in [4.69, 9.17) is 5.73 Å². The van der Waals surface area contributed by atoms with E-state index in [-0.39, 0.29) is 12.4 Å². The van der Waals surface area contributed by atoms with Gasteiger partial charge in [0, 0.05) is 12.7 Å². The second kappa shape index (κ2) is 9.04. The second-order valence-electron chi connectivity index (χ2n) is 6.24. The quantitative estimate of drug-likeness (QED) is 0.375. The third-order valence-electron chi connectivity index (χ3n) is 4.04. The molecule has 0 atom stereocenters. The lowest BCUT2D eigenvalue weighted by Gasteiger charge is -2.10. The fourth-order valence-corrected chi connectivity index (χ4v) is 3.39. The molecule has 25 heavy (non-hydrogen) atoms. The minimum Gasteiger partial charge on any atom is -0.383 e. The van der Waals surface area contributed by atoms with Crippen LogP contribution in [0.2, 0.25) is 0 Å². The maximum absolute atomic E-state index is 6.10. The van der Waals surface area contributed by atoms with Crippen molar-refractivity contribution in [3.8, 4) is 0 Å². The lowest BCUT2D eigenvalue weighted by Crippen LogP contribution is -2.13. The number of nitrogens with two attached hydrogens (primary N) is 1. The van der Waals surface area contributed by atoms with Crippen LogP contribution in [-0.2, 0) is 6.54 Å². The fourth-order valence-electron chi connectivity index (χ4n) is 2.77. The fraction of sp³-hybridized carbons (Fsp3) is 0.316. The van der Waals surface area contributed by atoms with Crippen LogP contribution in [0.5, 0.6) is 0 Å². The summed E-state index contributed by atoms with van der Waals surface area (Å²) in [5.74, 6) is 0.577. The van der Waals surface area contributed by atoms with Gasteiger partial charge in [0.05, 0.1) is 16.1 Å². The average Bonchev–Trinajstić information content (AvgIpc) is 3.21. The van der Waals surface area contributed by atoms with E-state index in [0.29, 0.717) is 5.84 Å². The molecule has 0 saturated carbocycles. The molecule has 0 saturated heterocycles. The van der Waals surface area contributed by atoms with Crippen molar-refractivity contribution < 1.29 is 0 Å². The summed E-state index contributed by atoms with van der Waals surface area (Å²) in [6, 6.07) is 12.4. The van der Waals surface area contributed by atoms with E-state index in [2.05, 4.69) is 53.0 Å². The van der Waals surface area contributed by atoms with Gasteiger partial charge in [-0.15, -0.1) is 23.7 Å². The van der Waals surface area contributed by atoms with Crippen LogP contribution in [0, 0.1) is 0 Å². The molecule has 0 amide bonds. The minimum atomic E-state index is 0. The van der Waals surface area contributed by atoms with Crippen LogP contribution >= 0.6 is 23.7 Å². The summed E-state index contributed by atoms with van der Waals surface area (Å²) < 4.78 is 2.31. The number of halogens is 1. The molecule has 0 fully saturated rings. The van der Waals surface area contributed by atoms with Gasteiger partial charge in [0.15, 0.2) is 0 Å². The third kappa shape index (κ3) is 5.08. The van der Waals surface area contributed by atoms with Crippen LogP contribution in [0.4, 0.5) is 5.69 Å². The molecule has 0 aliphatic heterocycles. The molecule has 2 aromatic heterocycles. The highest BCUT2D eigenvalue weighted by Crippen LogP contribution is 2.23. The Hall–Kier alpha value is -1.82. The average molecular weight is 377 g/mol. The Bertz CT molecular complexity index is 821. The zero-order chi connectivity index (χ0) is 16.9. The molecule has 3 rings (SSSR count). The van der Waals surface area contributed by atoms with Gasteiger partial charge in [-0.2, -0.15) is 0 Å². The van der Waals surface area contributed by atoms with Gasteiger partial charge in [-0.1, -0.05) is 12.1 Å². The molecule has 0 aliphatic rings. The Kier molecular flexibility index (Phi) is 7.05. The Balaban J connectivity index is 0.00000225. The van der Waals surface area contributed by atoms with Crippen LogP contribution in [0.1, 0.15) is 17.7 Å². The molecule has 0 radical (unpaired) electrons. The number of fused-ring (bicyclic) bond motifs is 1. The number of aromatic nitrogens is 1. The van der Waals surface area contributed by atoms with E-state index in [1.54, 1.807) is 11.3 Å². The van der Waals surface area contributed by atoms with Crippen molar-refractivity contribution in [3.05, 3.63) is 52.9 Å². The zero-order valence-electron chi connectivity index (χ0n) is 14.7. The van der Waals surface area contributed by atoms with Gasteiger partial charge in [-0.05, 0) is 68.5 Å². The number of nitrogens with zero attached hydrogens (tertiary/aromatic N) is 3. The molecule has 2 N–H and O–H groups in total. The number of aryl methyl sites for hydroxylation is 1. The van der Waals surface area contributed by atoms with Gasteiger partial charge in [0.1, 0.15) is 5.84 Å². The Morgan fingerprint density at radius 1 is 1.20 bits per heavy atom. The van der Waals surface area contributed by atoms with Crippen molar-refractivity contribution in [2.75, 3.05) is 20.6 Å². The molecule has 0 aliphatic carbocycles. The van der Waals surface area contributed by atoms with Gasteiger partial charge in [-0.25, -0.2) is 4.99 Å². The van der Waals surface area contributed by atoms with Crippen LogP contribution in [0.3, 0.4) is 0 Å². The SMILES string of the molecule is CN(C)CCCCn1ccc2ccc(N=C(N)c3cccs3)cc21.Cl. The van der Waals surface area contributed by atoms with Gasteiger partial charge in [0.25, 0.3) is 0 Å². The van der Waals surface area contributed by atoms with E-state index < -0.39 is 0 Å². The first-order chi connectivity index (χ1) is 11.6. The third-order valence-corrected chi connectivity index (χ3v) is 4.93. The lowest BCUT2D eigenvalue weighted by atomic mass is 10.2. The van der Waals surface area contributed by atoms with Gasteiger partial charge in [0.2, 0.25) is 0 Å². The van der Waals surface area contributed by atoms with Crippen LogP contribution in [0.15, 0.2) is 53.0 Å². The first-order valence-corrected chi connectivity index (χ1v) is 9.13. The minimum absolute atomic E-state index is 0. The molecular weight excluding hydrogens is 352 g/mol. The molecule has 3 aromatic rings. The number of rotatable bonds is 7. The smallest absolute Gasteiger partial charge is 0.141 e. The predicted octanol–water partition coefficient (Wildman–Crippen LogP) is 4.50. The van der Waals surface area contributed by atoms with Gasteiger partial charge >= 0.3 is 0 Å². The molecule has 2 heterocycles. The van der Waals surface area contributed by atoms with E-state index in [0.717, 1.165) is 23.7 Å². The summed E-state index contributed by atoms with van der Waals surface area (Å²) in [6.07, 6.45) is 4.54. The number of unbranched alkanes of at least 4 members (excludes halogenated alkanes) is 1. The van der Waals surface area contributed by atoms with Crippen molar-refractivity contribution in [2.45, 2.75) is 19.4 Å². The van der Waals surface area contributed by atoms with Crippen molar-refractivity contribution in [3.63, 3.8) is 0 Å². The number of aliphatic imine (C=N–C) groups is 1. The van der Waals surface area contributed by atoms with E-state index >= 15 is 0 Å². The molecular formula is C19H25ClN4S. The molecule has 134 valence electrons. The van der Waals surface area contributed by atoms with Gasteiger partial charge < -0.3 is 15.2 Å². The summed E-state index contributed by atoms with van der Waals surface area (Å²) in [5, 5.41) is 3.26. The number of hydrogen-bond donors (Lipinski definition) is 1. The second-order valence-corrected chi connectivity index (χ2v) is 7.18. The summed E-state index contributed by atoms with van der Waals surface area (Å²) in [7, 11) is 4.24. The normalized spacial score (nSPS) is 11.9. The molecule has 4 nitrogen and oxygen atoms in total. The summed E-state index contributed by atoms with van der Waals surface area (Å²) >= 11 is 1.61. The highest BCUT2D eigenvalue weighted by Gasteiger charge is 2.04. The lowest BCUT2D eigenvalue weighted by molar-refractivity contribution is 0.388. The highest BCUT2D eigenvalue weighted by molar-refractivity contribution is 7.12. The Morgan fingerprint density at radius 2 is 2.04 bits per heavy atom. The Morgan fingerprint density at radius 3 is 2.76 bits per heavy atom. The molecule has 0 bridgehead atoms. The number of benzene rings is 1. The van der Waals surface area contributed by atoms with Crippen LogP contribution in [0.25, 0.3) is 10.9 Å². The van der Waals surface area contributed by atoms with Crippen LogP contribution in [-0.4, -0.2) is 35.9 Å². The Labute approximate surface area is 159 Å². The summed E-state index contributed by atoms with van der Waals surface area (Å²) in [5.41, 5.74) is 8.23. The zero-order valence-corrected chi connectivity index (χ0v) is 16.3. The molecule has 6 heteroatoms. The summed E-state index contributed by atoms with van der Waals surface area (Å²) in [6.45, 7) is 2.16. The number of amidine groups is 1. The van der Waals surface area contributed by atoms with E-state index in [1.807, 2.05) is 23.6 Å². The maximum atomic E-state index is 6.10. The van der Waals surface area contributed by atoms with Crippen LogP contribution < -0.4 is 5.73 Å². The molecule has 1 aromatic carbocycles. The number of hydrogen-bond acceptors (Lipinski definition) is 3. The molecule has 0 unspecified atom stereocenters. The maximum Gasteiger partial charge on any atom is 0.141 e. The topological polar surface area (TPSA) is 46.5 Å². The van der Waals surface area contributed by atoms with E-state index in [9.17, 15) is 0 Å². The largest absolute Gasteiger partial charge is 0.383 e. The first-order valence-electron chi connectivity index (χ1n) is 8.25. The van der Waals surface area contributed by atoms with E-state index in [1.165, 1.54) is 23.7 Å². The summed E-state index contributed by atoms with van der Waals surface area (Å²) in [4.78, 5) is 7.82. The monoisotopic (exact) mass is 376 g/mol. The predicted molar refractivity (Wildman–Crippen MR) is 112 cm³/mol. The van der Waals surface area contributed by atoms with Crippen molar-refractivity contribution >= 4 is 46.2 Å². The van der Waals surface area contributed by atoms with Crippen molar-refractivity contribution in [2.24, 2.45) is 10.7 Å². The van der Waals surface area contributed by atoms with Gasteiger partial charge in [-0.3, -0.25) is 0 Å². The van der Waals surface area contributed by atoms with Crippen molar-refractivity contribution in [1.82, 2.24) is 9.47 Å². The van der Waals surface area contributed by atoms with Crippen molar-refractivity contribution in [1.29, 1.82) is 0 Å². The standard InChI is InChI=1S/C19H24N4S.ClH/c1-22(2)10-3-4-11-23-12-9-15-7-8-16(14-17(15)23)21-19(20)18-6-5-13-24-18;/h5-9,12-14H,3-4,10-11H2,1-2H3,(H2,20,21);1H. The first kappa shape index (κ1) is 19.5. The molecule has 0 spiro atoms. The highest BCUT2D eigenvalue weighted by atomic mass is 35.5. The number of thiophene rings is 1.